The highest BCUT2D eigenvalue weighted by Gasteiger charge is 2.43. The van der Waals surface area contributed by atoms with E-state index in [0.29, 0.717) is 6.04 Å². The Balaban J connectivity index is 1.66. The van der Waals surface area contributed by atoms with Gasteiger partial charge in [-0.2, -0.15) is 5.26 Å². The van der Waals surface area contributed by atoms with Crippen LogP contribution >= 0.6 is 0 Å². The van der Waals surface area contributed by atoms with Crippen molar-refractivity contribution in [3.8, 4) is 11.8 Å². The lowest BCUT2D eigenvalue weighted by atomic mass is 9.99. The van der Waals surface area contributed by atoms with Gasteiger partial charge in [0, 0.05) is 18.0 Å². The first-order valence-corrected chi connectivity index (χ1v) is 7.29. The van der Waals surface area contributed by atoms with Crippen LogP contribution in [0.25, 0.3) is 0 Å². The lowest BCUT2D eigenvalue weighted by Crippen LogP contribution is -2.43. The molecule has 0 bridgehead atoms. The van der Waals surface area contributed by atoms with E-state index in [1.807, 2.05) is 24.3 Å². The van der Waals surface area contributed by atoms with Gasteiger partial charge in [0.25, 0.3) is 0 Å². The highest BCUT2D eigenvalue weighted by atomic mass is 16.5. The van der Waals surface area contributed by atoms with Gasteiger partial charge in [-0.25, -0.2) is 0 Å². The maximum absolute atomic E-state index is 9.47. The minimum Gasteiger partial charge on any atom is -0.490 e. The lowest BCUT2D eigenvalue weighted by molar-refractivity contribution is 0.191. The van der Waals surface area contributed by atoms with Gasteiger partial charge in [0.05, 0.1) is 12.7 Å². The summed E-state index contributed by atoms with van der Waals surface area (Å²) in [4.78, 5) is 0. The Kier molecular flexibility index (Phi) is 3.64. The SMILES string of the molecule is N#CC1(NC2CC2)CCC(Oc2ccccc2CO)C1. The number of nitriles is 1. The van der Waals surface area contributed by atoms with Crippen LogP contribution in [0, 0.1) is 11.3 Å². The second kappa shape index (κ2) is 5.43. The fourth-order valence-corrected chi connectivity index (χ4v) is 2.91. The molecule has 2 aliphatic carbocycles. The monoisotopic (exact) mass is 272 g/mol. The minimum atomic E-state index is -0.417. The number of rotatable bonds is 5. The smallest absolute Gasteiger partial charge is 0.125 e. The minimum absolute atomic E-state index is 0.0212. The molecule has 0 aliphatic heterocycles. The van der Waals surface area contributed by atoms with E-state index in [0.717, 1.165) is 30.6 Å². The van der Waals surface area contributed by atoms with Crippen LogP contribution in [0.15, 0.2) is 24.3 Å². The van der Waals surface area contributed by atoms with E-state index in [4.69, 9.17) is 4.74 Å². The summed E-state index contributed by atoms with van der Waals surface area (Å²) >= 11 is 0. The zero-order valence-electron chi connectivity index (χ0n) is 11.5. The van der Waals surface area contributed by atoms with Crippen LogP contribution in [0.2, 0.25) is 0 Å². The molecule has 3 rings (SSSR count). The van der Waals surface area contributed by atoms with Crippen molar-refractivity contribution in [3.63, 3.8) is 0 Å². The molecule has 2 aliphatic rings. The molecule has 1 aromatic carbocycles. The zero-order valence-corrected chi connectivity index (χ0v) is 11.5. The zero-order chi connectivity index (χ0) is 14.0. The van der Waals surface area contributed by atoms with Gasteiger partial charge in [-0.3, -0.25) is 5.32 Å². The fourth-order valence-electron chi connectivity index (χ4n) is 2.91. The van der Waals surface area contributed by atoms with Gasteiger partial charge in [0.1, 0.15) is 17.4 Å². The number of nitrogens with one attached hydrogen (secondary N) is 1. The summed E-state index contributed by atoms with van der Waals surface area (Å²) < 4.78 is 6.01. The van der Waals surface area contributed by atoms with Crippen molar-refractivity contribution >= 4 is 0 Å². The Morgan fingerprint density at radius 3 is 2.85 bits per heavy atom. The van der Waals surface area contributed by atoms with Gasteiger partial charge >= 0.3 is 0 Å². The van der Waals surface area contributed by atoms with Crippen LogP contribution in [0.3, 0.4) is 0 Å². The van der Waals surface area contributed by atoms with E-state index in [-0.39, 0.29) is 12.7 Å². The molecule has 106 valence electrons. The van der Waals surface area contributed by atoms with E-state index >= 15 is 0 Å². The van der Waals surface area contributed by atoms with Crippen molar-refractivity contribution in [2.24, 2.45) is 0 Å². The van der Waals surface area contributed by atoms with Crippen LogP contribution in [0.5, 0.6) is 5.75 Å². The number of para-hydroxylation sites is 1. The Morgan fingerprint density at radius 2 is 2.15 bits per heavy atom. The highest BCUT2D eigenvalue weighted by Crippen LogP contribution is 2.36. The van der Waals surface area contributed by atoms with E-state index < -0.39 is 5.54 Å². The molecule has 2 fully saturated rings. The number of ether oxygens (including phenoxy) is 1. The summed E-state index contributed by atoms with van der Waals surface area (Å²) in [5, 5.41) is 22.3. The average Bonchev–Trinajstić information content (AvgIpc) is 3.20. The number of hydrogen-bond donors (Lipinski definition) is 2. The summed E-state index contributed by atoms with van der Waals surface area (Å²) in [6.07, 6.45) is 4.86. The second-order valence-electron chi connectivity index (χ2n) is 5.86. The number of hydrogen-bond acceptors (Lipinski definition) is 4. The van der Waals surface area contributed by atoms with Gasteiger partial charge in [0.15, 0.2) is 0 Å². The molecule has 0 aromatic heterocycles. The van der Waals surface area contributed by atoms with E-state index in [1.54, 1.807) is 0 Å². The topological polar surface area (TPSA) is 65.3 Å². The van der Waals surface area contributed by atoms with Gasteiger partial charge in [-0.05, 0) is 31.7 Å². The van der Waals surface area contributed by atoms with E-state index in [2.05, 4.69) is 11.4 Å². The van der Waals surface area contributed by atoms with E-state index in [1.165, 1.54) is 12.8 Å². The first-order valence-electron chi connectivity index (χ1n) is 7.29. The molecule has 20 heavy (non-hydrogen) atoms. The van der Waals surface area contributed by atoms with Crippen molar-refractivity contribution in [1.29, 1.82) is 5.26 Å². The fraction of sp³-hybridized carbons (Fsp3) is 0.562. The Labute approximate surface area is 119 Å². The van der Waals surface area contributed by atoms with Crippen molar-refractivity contribution in [2.45, 2.75) is 56.4 Å². The average molecular weight is 272 g/mol. The summed E-state index contributed by atoms with van der Waals surface area (Å²) in [5.41, 5.74) is 0.386. The normalized spacial score (nSPS) is 29.1. The van der Waals surface area contributed by atoms with Crippen LogP contribution < -0.4 is 10.1 Å². The van der Waals surface area contributed by atoms with Gasteiger partial charge in [-0.1, -0.05) is 18.2 Å². The van der Waals surface area contributed by atoms with Crippen molar-refractivity contribution < 1.29 is 9.84 Å². The van der Waals surface area contributed by atoms with Crippen LogP contribution in [-0.2, 0) is 6.61 Å². The largest absolute Gasteiger partial charge is 0.490 e. The lowest BCUT2D eigenvalue weighted by Gasteiger charge is -2.23. The predicted octanol–water partition coefficient (Wildman–Crippen LogP) is 2.12. The number of aliphatic hydroxyl groups is 1. The first-order chi connectivity index (χ1) is 9.74. The van der Waals surface area contributed by atoms with Crippen LogP contribution in [-0.4, -0.2) is 22.8 Å². The predicted molar refractivity (Wildman–Crippen MR) is 75.1 cm³/mol. The quantitative estimate of drug-likeness (QED) is 0.861. The van der Waals surface area contributed by atoms with Gasteiger partial charge < -0.3 is 9.84 Å². The molecule has 4 nitrogen and oxygen atoms in total. The summed E-state index contributed by atoms with van der Waals surface area (Å²) in [5.74, 6) is 0.736. The van der Waals surface area contributed by atoms with Crippen molar-refractivity contribution in [2.75, 3.05) is 0 Å². The van der Waals surface area contributed by atoms with E-state index in [9.17, 15) is 10.4 Å². The third-order valence-corrected chi connectivity index (χ3v) is 4.18. The maximum atomic E-state index is 9.47. The second-order valence-corrected chi connectivity index (χ2v) is 5.86. The molecule has 4 heteroatoms. The molecule has 0 radical (unpaired) electrons. The Morgan fingerprint density at radius 1 is 1.35 bits per heavy atom. The molecule has 2 N–H and O–H groups in total. The van der Waals surface area contributed by atoms with Crippen molar-refractivity contribution in [3.05, 3.63) is 29.8 Å². The molecule has 2 atom stereocenters. The molecule has 1 aromatic rings. The Bertz CT molecular complexity index is 521. The number of nitrogens with zero attached hydrogens (tertiary/aromatic N) is 1. The molecule has 0 saturated heterocycles. The first kappa shape index (κ1) is 13.4. The summed E-state index contributed by atoms with van der Waals surface area (Å²) in [7, 11) is 0. The number of aliphatic hydroxyl groups excluding tert-OH is 1. The van der Waals surface area contributed by atoms with Gasteiger partial charge in [-0.15, -0.1) is 0 Å². The highest BCUT2D eigenvalue weighted by molar-refractivity contribution is 5.33. The van der Waals surface area contributed by atoms with Gasteiger partial charge in [0.2, 0.25) is 0 Å². The molecule has 0 spiro atoms. The molecule has 0 amide bonds. The summed E-state index contributed by atoms with van der Waals surface area (Å²) in [6, 6.07) is 10.5. The van der Waals surface area contributed by atoms with Crippen molar-refractivity contribution in [1.82, 2.24) is 5.32 Å². The molecular formula is C16H20N2O2. The third-order valence-electron chi connectivity index (χ3n) is 4.18. The molecular weight excluding hydrogens is 252 g/mol. The molecule has 2 unspecified atom stereocenters. The summed E-state index contributed by atoms with van der Waals surface area (Å²) in [6.45, 7) is -0.0212. The number of benzene rings is 1. The Hall–Kier alpha value is -1.57. The van der Waals surface area contributed by atoms with Crippen LogP contribution in [0.1, 0.15) is 37.7 Å². The van der Waals surface area contributed by atoms with Crippen LogP contribution in [0.4, 0.5) is 0 Å². The standard InChI is InChI=1S/C16H20N2O2/c17-11-16(18-13-5-6-13)8-7-14(9-16)20-15-4-2-1-3-12(15)10-19/h1-4,13-14,18-19H,5-10H2. The molecule has 0 heterocycles. The molecule has 2 saturated carbocycles. The third kappa shape index (κ3) is 2.79. The maximum Gasteiger partial charge on any atom is 0.125 e.